The van der Waals surface area contributed by atoms with Gasteiger partial charge in [-0.1, -0.05) is 37.3 Å². The fourth-order valence-electron chi connectivity index (χ4n) is 3.40. The number of carbonyl (C=O) groups is 2. The van der Waals surface area contributed by atoms with Crippen LogP contribution in [0.5, 0.6) is 0 Å². The number of carbonyl (C=O) groups excluding carboxylic acids is 2. The molecule has 0 saturated heterocycles. The minimum absolute atomic E-state index is 0.0668. The molecule has 1 atom stereocenters. The minimum Gasteiger partial charge on any atom is -0.354 e. The molecule has 3 rings (SSSR count). The van der Waals surface area contributed by atoms with E-state index in [-0.39, 0.29) is 29.2 Å². The zero-order chi connectivity index (χ0) is 21.7. The van der Waals surface area contributed by atoms with Crippen LogP contribution in [0.25, 0.3) is 0 Å². The number of nitrogens with zero attached hydrogens (tertiary/aromatic N) is 1. The molecule has 2 aromatic rings. The first-order valence-corrected chi connectivity index (χ1v) is 11.4. The molecule has 1 aliphatic heterocycles. The van der Waals surface area contributed by atoms with Crippen LogP contribution in [0, 0.1) is 0 Å². The van der Waals surface area contributed by atoms with Crippen LogP contribution < -0.4 is 10.6 Å². The number of sulfonamides is 1. The Morgan fingerprint density at radius 3 is 2.63 bits per heavy atom. The maximum atomic E-state index is 12.9. The van der Waals surface area contributed by atoms with Crippen molar-refractivity contribution in [1.29, 1.82) is 0 Å². The van der Waals surface area contributed by atoms with Crippen LogP contribution in [0.15, 0.2) is 53.4 Å². The second kappa shape index (κ2) is 9.40. The molecule has 8 heteroatoms. The second-order valence-electron chi connectivity index (χ2n) is 7.60. The molecule has 1 heterocycles. The number of fused-ring (bicyclic) bond motifs is 1. The minimum atomic E-state index is -3.82. The zero-order valence-corrected chi connectivity index (χ0v) is 18.0. The van der Waals surface area contributed by atoms with Crippen LogP contribution in [0.3, 0.4) is 0 Å². The van der Waals surface area contributed by atoms with Gasteiger partial charge in [0.1, 0.15) is 0 Å². The summed E-state index contributed by atoms with van der Waals surface area (Å²) in [6, 6.07) is 14.5. The predicted octanol–water partition coefficient (Wildman–Crippen LogP) is 2.50. The molecule has 7 nitrogen and oxygen atoms in total. The van der Waals surface area contributed by atoms with Crippen LogP contribution in [0.1, 0.15) is 36.8 Å². The van der Waals surface area contributed by atoms with Gasteiger partial charge in [-0.2, -0.15) is 4.31 Å². The van der Waals surface area contributed by atoms with Crippen molar-refractivity contribution >= 4 is 27.5 Å². The van der Waals surface area contributed by atoms with Crippen molar-refractivity contribution in [2.75, 3.05) is 25.5 Å². The third kappa shape index (κ3) is 5.25. The molecular formula is C22H27N3O4S. The van der Waals surface area contributed by atoms with Crippen LogP contribution in [-0.2, 0) is 26.0 Å². The first-order chi connectivity index (χ1) is 14.3. The van der Waals surface area contributed by atoms with Gasteiger partial charge in [-0.15, -0.1) is 0 Å². The summed E-state index contributed by atoms with van der Waals surface area (Å²) in [6.45, 7) is 2.16. The number of likely N-dealkylation sites (N-methyl/N-ethyl adjacent to an activating group) is 1. The fourth-order valence-corrected chi connectivity index (χ4v) is 4.58. The van der Waals surface area contributed by atoms with E-state index in [2.05, 4.69) is 10.6 Å². The van der Waals surface area contributed by atoms with Gasteiger partial charge in [0, 0.05) is 25.7 Å². The van der Waals surface area contributed by atoms with E-state index in [1.54, 1.807) is 12.1 Å². The van der Waals surface area contributed by atoms with E-state index in [1.165, 1.54) is 13.1 Å². The lowest BCUT2D eigenvalue weighted by atomic mass is 10.0. The van der Waals surface area contributed by atoms with Crippen LogP contribution in [0.4, 0.5) is 5.69 Å². The van der Waals surface area contributed by atoms with Gasteiger partial charge in [0.2, 0.25) is 21.8 Å². The maximum absolute atomic E-state index is 12.9. The van der Waals surface area contributed by atoms with E-state index in [4.69, 9.17) is 0 Å². The lowest BCUT2D eigenvalue weighted by Gasteiger charge is -2.19. The first kappa shape index (κ1) is 22.0. The highest BCUT2D eigenvalue weighted by Crippen LogP contribution is 2.26. The standard InChI is InChI=1S/C22H27N3O4S/c1-16(17-7-4-3-5-8-17)14-23-22(27)15-25(2)30(28,29)19-11-12-20-18(13-19)9-6-10-21(26)24-20/h3-5,7-8,11-13,16H,6,9-10,14-15H2,1-2H3,(H,23,27)(H,24,26). The lowest BCUT2D eigenvalue weighted by molar-refractivity contribution is -0.121. The SMILES string of the molecule is CC(CNC(=O)CN(C)S(=O)(=O)c1ccc2c(c1)CCCC(=O)N2)c1ccccc1. The van der Waals surface area contributed by atoms with Gasteiger partial charge in [0.25, 0.3) is 0 Å². The average Bonchev–Trinajstić information content (AvgIpc) is 2.92. The molecule has 1 aliphatic rings. The molecule has 2 aromatic carbocycles. The molecule has 2 amide bonds. The largest absolute Gasteiger partial charge is 0.354 e. The number of hydrogen-bond donors (Lipinski definition) is 2. The van der Waals surface area contributed by atoms with Crippen molar-refractivity contribution in [2.24, 2.45) is 0 Å². The number of hydrogen-bond acceptors (Lipinski definition) is 4. The van der Waals surface area contributed by atoms with Gasteiger partial charge in [-0.3, -0.25) is 9.59 Å². The number of rotatable bonds is 7. The molecular weight excluding hydrogens is 402 g/mol. The van der Waals surface area contributed by atoms with E-state index < -0.39 is 10.0 Å². The maximum Gasteiger partial charge on any atom is 0.243 e. The van der Waals surface area contributed by atoms with E-state index in [9.17, 15) is 18.0 Å². The van der Waals surface area contributed by atoms with Crippen LogP contribution in [-0.4, -0.2) is 44.7 Å². The lowest BCUT2D eigenvalue weighted by Crippen LogP contribution is -2.39. The van der Waals surface area contributed by atoms with Gasteiger partial charge in [0.05, 0.1) is 11.4 Å². The monoisotopic (exact) mass is 429 g/mol. The average molecular weight is 430 g/mol. The van der Waals surface area contributed by atoms with Gasteiger partial charge in [-0.25, -0.2) is 8.42 Å². The fraction of sp³-hybridized carbons (Fsp3) is 0.364. The Hall–Kier alpha value is -2.71. The predicted molar refractivity (Wildman–Crippen MR) is 116 cm³/mol. The Morgan fingerprint density at radius 1 is 1.17 bits per heavy atom. The third-order valence-corrected chi connectivity index (χ3v) is 7.05. The third-order valence-electron chi connectivity index (χ3n) is 5.25. The summed E-state index contributed by atoms with van der Waals surface area (Å²) in [4.78, 5) is 24.1. The van der Waals surface area contributed by atoms with E-state index in [1.807, 2.05) is 37.3 Å². The number of aryl methyl sites for hydroxylation is 1. The first-order valence-electron chi connectivity index (χ1n) is 9.98. The molecule has 0 aliphatic carbocycles. The molecule has 0 bridgehead atoms. The molecule has 0 fully saturated rings. The quantitative estimate of drug-likeness (QED) is 0.707. The summed E-state index contributed by atoms with van der Waals surface area (Å²) in [5, 5.41) is 5.60. The normalized spacial score (nSPS) is 15.1. The van der Waals surface area contributed by atoms with Crippen LogP contribution >= 0.6 is 0 Å². The molecule has 1 unspecified atom stereocenters. The Kier molecular flexibility index (Phi) is 6.89. The van der Waals surface area contributed by atoms with Crippen molar-refractivity contribution in [1.82, 2.24) is 9.62 Å². The van der Waals surface area contributed by atoms with E-state index in [0.717, 1.165) is 15.4 Å². The van der Waals surface area contributed by atoms with Crippen molar-refractivity contribution in [2.45, 2.75) is 37.0 Å². The smallest absolute Gasteiger partial charge is 0.243 e. The van der Waals surface area contributed by atoms with Crippen molar-refractivity contribution in [3.05, 3.63) is 59.7 Å². The Morgan fingerprint density at radius 2 is 1.90 bits per heavy atom. The van der Waals surface area contributed by atoms with Crippen molar-refractivity contribution in [3.8, 4) is 0 Å². The highest BCUT2D eigenvalue weighted by atomic mass is 32.2. The van der Waals surface area contributed by atoms with Crippen LogP contribution in [0.2, 0.25) is 0 Å². The summed E-state index contributed by atoms with van der Waals surface area (Å²) in [5.74, 6) is -0.300. The van der Waals surface area contributed by atoms with E-state index >= 15 is 0 Å². The summed E-state index contributed by atoms with van der Waals surface area (Å²) >= 11 is 0. The number of amides is 2. The molecule has 160 valence electrons. The Labute approximate surface area is 177 Å². The van der Waals surface area contributed by atoms with Gasteiger partial charge in [-0.05, 0) is 48.1 Å². The summed E-state index contributed by atoms with van der Waals surface area (Å²) in [6.07, 6.45) is 1.71. The molecule has 2 N–H and O–H groups in total. The second-order valence-corrected chi connectivity index (χ2v) is 9.64. The summed E-state index contributed by atoms with van der Waals surface area (Å²) < 4.78 is 26.9. The Bertz CT molecular complexity index is 1020. The summed E-state index contributed by atoms with van der Waals surface area (Å²) in [5.41, 5.74) is 2.54. The molecule has 0 spiro atoms. The van der Waals surface area contributed by atoms with Gasteiger partial charge < -0.3 is 10.6 Å². The topological polar surface area (TPSA) is 95.6 Å². The van der Waals surface area contributed by atoms with Crippen molar-refractivity contribution in [3.63, 3.8) is 0 Å². The molecule has 0 saturated carbocycles. The van der Waals surface area contributed by atoms with Gasteiger partial charge in [0.15, 0.2) is 0 Å². The molecule has 0 aromatic heterocycles. The number of anilines is 1. The highest BCUT2D eigenvalue weighted by molar-refractivity contribution is 7.89. The molecule has 30 heavy (non-hydrogen) atoms. The number of nitrogens with one attached hydrogen (secondary N) is 2. The zero-order valence-electron chi connectivity index (χ0n) is 17.2. The van der Waals surface area contributed by atoms with E-state index in [0.29, 0.717) is 31.5 Å². The molecule has 0 radical (unpaired) electrons. The Balaban J connectivity index is 1.63. The van der Waals surface area contributed by atoms with Gasteiger partial charge >= 0.3 is 0 Å². The highest BCUT2D eigenvalue weighted by Gasteiger charge is 2.25. The van der Waals surface area contributed by atoms with Crippen molar-refractivity contribution < 1.29 is 18.0 Å². The number of benzene rings is 2. The summed E-state index contributed by atoms with van der Waals surface area (Å²) in [7, 11) is -2.43.